The van der Waals surface area contributed by atoms with E-state index in [0.717, 1.165) is 22.5 Å². The number of ketones is 1. The number of Topliss-reactive ketones (excluding diaryl/α,β-unsaturated/α-hetero) is 1. The molecule has 1 aromatic carbocycles. The Morgan fingerprint density at radius 1 is 1.33 bits per heavy atom. The summed E-state index contributed by atoms with van der Waals surface area (Å²) >= 11 is 12.9. The molecule has 1 heterocycles. The molecule has 1 aromatic heterocycles. The van der Waals surface area contributed by atoms with Crippen molar-refractivity contribution in [3.8, 4) is 0 Å². The maximum atomic E-state index is 13.0. The normalized spacial score (nSPS) is 10.7. The Morgan fingerprint density at radius 3 is 2.61 bits per heavy atom. The lowest BCUT2D eigenvalue weighted by Crippen LogP contribution is -2.04. The molecule has 0 spiro atoms. The maximum Gasteiger partial charge on any atom is 0.169 e. The molecule has 2 rings (SSSR count). The highest BCUT2D eigenvalue weighted by Crippen LogP contribution is 2.32. The molecule has 0 amide bonds. The second-order valence-corrected chi connectivity index (χ2v) is 6.19. The summed E-state index contributed by atoms with van der Waals surface area (Å²) in [5.74, 6) is -0.418. The van der Waals surface area contributed by atoms with Crippen molar-refractivity contribution >= 4 is 40.3 Å². The van der Waals surface area contributed by atoms with Crippen molar-refractivity contribution < 1.29 is 9.18 Å². The zero-order valence-corrected chi connectivity index (χ0v) is 11.8. The second-order valence-electron chi connectivity index (χ2n) is 3.91. The topological polar surface area (TPSA) is 17.1 Å². The highest BCUT2D eigenvalue weighted by molar-refractivity contribution is 7.20. The van der Waals surface area contributed by atoms with Crippen LogP contribution in [0.4, 0.5) is 4.39 Å². The van der Waals surface area contributed by atoms with Crippen molar-refractivity contribution in [2.45, 2.75) is 13.3 Å². The number of carbonyl (C=O) groups is 1. The van der Waals surface area contributed by atoms with E-state index in [2.05, 4.69) is 0 Å². The van der Waals surface area contributed by atoms with Gasteiger partial charge in [-0.3, -0.25) is 4.79 Å². The summed E-state index contributed by atoms with van der Waals surface area (Å²) in [4.78, 5) is 12.1. The molecule has 0 atom stereocenters. The Labute approximate surface area is 118 Å². The van der Waals surface area contributed by atoms with Crippen LogP contribution in [0.1, 0.15) is 21.5 Å². The molecule has 0 bridgehead atoms. The fourth-order valence-electron chi connectivity index (χ4n) is 1.66. The number of aryl methyl sites for hydroxylation is 1. The fraction of sp³-hybridized carbons (Fsp3) is 0.154. The van der Waals surface area contributed by atoms with Crippen LogP contribution < -0.4 is 0 Å². The predicted octanol–water partition coefficient (Wildman–Crippen LogP) is 4.93. The summed E-state index contributed by atoms with van der Waals surface area (Å²) < 4.78 is 13.8. The first-order chi connectivity index (χ1) is 8.47. The van der Waals surface area contributed by atoms with Crippen molar-refractivity contribution in [2.75, 3.05) is 0 Å². The summed E-state index contributed by atoms with van der Waals surface area (Å²) in [7, 11) is 0. The first-order valence-corrected chi connectivity index (χ1v) is 6.77. The van der Waals surface area contributed by atoms with Gasteiger partial charge in [0.1, 0.15) is 10.2 Å². The standard InChI is InChI=1S/C13H9Cl2FOS/c1-7-4-9(16)3-2-8(7)5-11(17)10-6-12(14)18-13(10)15/h2-4,6H,5H2,1H3. The van der Waals surface area contributed by atoms with Gasteiger partial charge < -0.3 is 0 Å². The smallest absolute Gasteiger partial charge is 0.169 e. The van der Waals surface area contributed by atoms with Crippen LogP contribution in [-0.4, -0.2) is 5.78 Å². The van der Waals surface area contributed by atoms with Gasteiger partial charge in [0.25, 0.3) is 0 Å². The third-order valence-electron chi connectivity index (χ3n) is 2.61. The van der Waals surface area contributed by atoms with Crippen LogP contribution in [0.5, 0.6) is 0 Å². The van der Waals surface area contributed by atoms with E-state index in [9.17, 15) is 9.18 Å². The van der Waals surface area contributed by atoms with Crippen molar-refractivity contribution in [1.82, 2.24) is 0 Å². The second kappa shape index (κ2) is 5.39. The molecular formula is C13H9Cl2FOS. The Morgan fingerprint density at radius 2 is 2.06 bits per heavy atom. The first-order valence-electron chi connectivity index (χ1n) is 5.20. The van der Waals surface area contributed by atoms with Gasteiger partial charge in [0.2, 0.25) is 0 Å². The van der Waals surface area contributed by atoms with E-state index < -0.39 is 0 Å². The van der Waals surface area contributed by atoms with Gasteiger partial charge in [0, 0.05) is 12.0 Å². The summed E-state index contributed by atoms with van der Waals surface area (Å²) in [5.41, 5.74) is 1.97. The van der Waals surface area contributed by atoms with Gasteiger partial charge in [0.05, 0.1) is 4.34 Å². The monoisotopic (exact) mass is 302 g/mol. The zero-order valence-electron chi connectivity index (χ0n) is 9.47. The fourth-order valence-corrected chi connectivity index (χ4v) is 3.16. The predicted molar refractivity (Wildman–Crippen MR) is 73.5 cm³/mol. The minimum absolute atomic E-state index is 0.113. The van der Waals surface area contributed by atoms with Crippen LogP contribution in [0, 0.1) is 12.7 Å². The van der Waals surface area contributed by atoms with Gasteiger partial charge in [-0.05, 0) is 36.2 Å². The highest BCUT2D eigenvalue weighted by atomic mass is 35.5. The van der Waals surface area contributed by atoms with E-state index in [1.807, 2.05) is 0 Å². The summed E-state index contributed by atoms with van der Waals surface area (Å²) in [5, 5.41) is 0. The number of hydrogen-bond donors (Lipinski definition) is 0. The zero-order chi connectivity index (χ0) is 13.3. The molecule has 0 saturated carbocycles. The lowest BCUT2D eigenvalue weighted by Gasteiger charge is -2.04. The van der Waals surface area contributed by atoms with Crippen LogP contribution in [0.15, 0.2) is 24.3 Å². The number of thiophene rings is 1. The molecule has 0 unspecified atom stereocenters. The SMILES string of the molecule is Cc1cc(F)ccc1CC(=O)c1cc(Cl)sc1Cl. The third-order valence-corrected chi connectivity index (χ3v) is 4.10. The highest BCUT2D eigenvalue weighted by Gasteiger charge is 2.15. The third kappa shape index (κ3) is 2.91. The Bertz CT molecular complexity index is 607. The van der Waals surface area contributed by atoms with E-state index >= 15 is 0 Å². The van der Waals surface area contributed by atoms with Crippen LogP contribution >= 0.6 is 34.5 Å². The van der Waals surface area contributed by atoms with Gasteiger partial charge in [-0.25, -0.2) is 4.39 Å². The van der Waals surface area contributed by atoms with Crippen LogP contribution in [0.2, 0.25) is 8.67 Å². The van der Waals surface area contributed by atoms with E-state index in [1.165, 1.54) is 12.1 Å². The first kappa shape index (κ1) is 13.5. The maximum absolute atomic E-state index is 13.0. The van der Waals surface area contributed by atoms with Gasteiger partial charge in [0.15, 0.2) is 5.78 Å². The summed E-state index contributed by atoms with van der Waals surface area (Å²) in [6.45, 7) is 1.77. The minimum atomic E-state index is -0.305. The van der Waals surface area contributed by atoms with Crippen LogP contribution in [-0.2, 0) is 6.42 Å². The number of benzene rings is 1. The minimum Gasteiger partial charge on any atom is -0.294 e. The van der Waals surface area contributed by atoms with E-state index in [-0.39, 0.29) is 18.0 Å². The largest absolute Gasteiger partial charge is 0.294 e. The molecule has 2 aromatic rings. The van der Waals surface area contributed by atoms with Gasteiger partial charge in [-0.2, -0.15) is 0 Å². The summed E-state index contributed by atoms with van der Waals surface area (Å²) in [6, 6.07) is 5.93. The molecule has 0 aliphatic carbocycles. The lowest BCUT2D eigenvalue weighted by molar-refractivity contribution is 0.0993. The molecular weight excluding hydrogens is 294 g/mol. The van der Waals surface area contributed by atoms with Crippen LogP contribution in [0.3, 0.4) is 0 Å². The molecule has 5 heteroatoms. The van der Waals surface area contributed by atoms with Crippen molar-refractivity contribution in [1.29, 1.82) is 0 Å². The Balaban J connectivity index is 2.24. The van der Waals surface area contributed by atoms with Crippen molar-refractivity contribution in [3.63, 3.8) is 0 Å². The van der Waals surface area contributed by atoms with E-state index in [4.69, 9.17) is 23.2 Å². The number of rotatable bonds is 3. The molecule has 0 radical (unpaired) electrons. The average molecular weight is 303 g/mol. The number of halogens is 3. The van der Waals surface area contributed by atoms with Crippen molar-refractivity contribution in [3.05, 3.63) is 55.4 Å². The molecule has 1 nitrogen and oxygen atoms in total. The summed E-state index contributed by atoms with van der Waals surface area (Å²) in [6.07, 6.45) is 0.193. The van der Waals surface area contributed by atoms with Crippen LogP contribution in [0.25, 0.3) is 0 Å². The molecule has 94 valence electrons. The molecule has 18 heavy (non-hydrogen) atoms. The number of hydrogen-bond acceptors (Lipinski definition) is 2. The Kier molecular flexibility index (Phi) is 4.05. The van der Waals surface area contributed by atoms with Gasteiger partial charge >= 0.3 is 0 Å². The molecule has 0 N–H and O–H groups in total. The number of carbonyl (C=O) groups excluding carboxylic acids is 1. The van der Waals surface area contributed by atoms with E-state index in [0.29, 0.717) is 14.2 Å². The van der Waals surface area contributed by atoms with Gasteiger partial charge in [-0.15, -0.1) is 11.3 Å². The molecule has 0 aliphatic heterocycles. The molecule has 0 saturated heterocycles. The quantitative estimate of drug-likeness (QED) is 0.735. The lowest BCUT2D eigenvalue weighted by atomic mass is 10.0. The van der Waals surface area contributed by atoms with Crippen molar-refractivity contribution in [2.24, 2.45) is 0 Å². The molecule has 0 aliphatic rings. The molecule has 0 fully saturated rings. The van der Waals surface area contributed by atoms with E-state index in [1.54, 1.807) is 19.1 Å². The average Bonchev–Trinajstić information content (AvgIpc) is 2.62. The van der Waals surface area contributed by atoms with Gasteiger partial charge in [-0.1, -0.05) is 29.3 Å². The Hall–Kier alpha value is -0.900.